The van der Waals surface area contributed by atoms with E-state index in [1.165, 1.54) is 26.4 Å². The van der Waals surface area contributed by atoms with Gasteiger partial charge in [0.15, 0.2) is 11.5 Å². The number of carbonyl (C=O) groups is 1. The summed E-state index contributed by atoms with van der Waals surface area (Å²) in [6.07, 6.45) is 5.70. The number of methoxy groups -OCH3 is 1. The van der Waals surface area contributed by atoms with Gasteiger partial charge in [-0.2, -0.15) is 0 Å². The number of nitrogens with one attached hydrogen (secondary N) is 1. The molecule has 21 heavy (non-hydrogen) atoms. The van der Waals surface area contributed by atoms with Crippen LogP contribution in [0.3, 0.4) is 0 Å². The van der Waals surface area contributed by atoms with E-state index in [0.717, 1.165) is 12.8 Å². The van der Waals surface area contributed by atoms with Crippen molar-refractivity contribution in [2.24, 2.45) is 5.73 Å². The van der Waals surface area contributed by atoms with Crippen molar-refractivity contribution < 1.29 is 14.6 Å². The highest BCUT2D eigenvalue weighted by atomic mass is 79.9. The number of amides is 1. The van der Waals surface area contributed by atoms with E-state index in [1.807, 2.05) is 0 Å². The first-order valence-corrected chi connectivity index (χ1v) is 7.94. The maximum atomic E-state index is 11.8. The third-order valence-corrected chi connectivity index (χ3v) is 4.50. The molecule has 5 nitrogen and oxygen atoms in total. The molecule has 4 N–H and O–H groups in total. The molecule has 0 aromatic heterocycles. The van der Waals surface area contributed by atoms with E-state index in [9.17, 15) is 9.90 Å². The third kappa shape index (κ3) is 3.89. The number of primary amides is 1. The van der Waals surface area contributed by atoms with Crippen LogP contribution in [0.1, 0.15) is 43.7 Å². The predicted octanol–water partition coefficient (Wildman–Crippen LogP) is 2.61. The van der Waals surface area contributed by atoms with Gasteiger partial charge in [0, 0.05) is 6.04 Å². The number of phenolic OH excluding ortho intramolecular Hbond substituents is 1. The molecule has 0 heterocycles. The number of nitrogens with two attached hydrogens (primary N) is 1. The molecule has 6 heteroatoms. The van der Waals surface area contributed by atoms with Crippen molar-refractivity contribution in [3.05, 3.63) is 22.2 Å². The molecule has 1 unspecified atom stereocenters. The number of phenols is 1. The highest BCUT2D eigenvalue weighted by Gasteiger charge is 2.25. The molecule has 1 fully saturated rings. The summed E-state index contributed by atoms with van der Waals surface area (Å²) in [6, 6.07) is 3.06. The fourth-order valence-corrected chi connectivity index (χ4v) is 3.22. The molecule has 0 bridgehead atoms. The SMILES string of the molecule is COc1cc(C(NC2CCCCC2)C(N)=O)cc(Br)c1O. The summed E-state index contributed by atoms with van der Waals surface area (Å²) in [5, 5.41) is 13.2. The van der Waals surface area contributed by atoms with Gasteiger partial charge in [-0.3, -0.25) is 10.1 Å². The number of aromatic hydroxyl groups is 1. The Balaban J connectivity index is 2.25. The first kappa shape index (κ1) is 16.1. The van der Waals surface area contributed by atoms with Crippen LogP contribution in [0.2, 0.25) is 0 Å². The molecule has 0 saturated heterocycles. The van der Waals surface area contributed by atoms with Gasteiger partial charge in [-0.1, -0.05) is 19.3 Å². The Labute approximate surface area is 133 Å². The van der Waals surface area contributed by atoms with Gasteiger partial charge in [0.1, 0.15) is 6.04 Å². The van der Waals surface area contributed by atoms with Gasteiger partial charge in [0.2, 0.25) is 5.91 Å². The highest BCUT2D eigenvalue weighted by Crippen LogP contribution is 2.37. The zero-order chi connectivity index (χ0) is 15.4. The lowest BCUT2D eigenvalue weighted by atomic mass is 9.93. The minimum absolute atomic E-state index is 0.0159. The zero-order valence-electron chi connectivity index (χ0n) is 12.1. The summed E-state index contributed by atoms with van der Waals surface area (Å²) in [5.74, 6) is -0.0987. The lowest BCUT2D eigenvalue weighted by Gasteiger charge is -2.27. The fourth-order valence-electron chi connectivity index (χ4n) is 2.76. The molecule has 116 valence electrons. The van der Waals surface area contributed by atoms with Crippen LogP contribution in [0.5, 0.6) is 11.5 Å². The van der Waals surface area contributed by atoms with E-state index >= 15 is 0 Å². The van der Waals surface area contributed by atoms with Crippen molar-refractivity contribution in [2.45, 2.75) is 44.2 Å². The maximum absolute atomic E-state index is 11.8. The van der Waals surface area contributed by atoms with Crippen LogP contribution in [0.15, 0.2) is 16.6 Å². The number of benzene rings is 1. The fraction of sp³-hybridized carbons (Fsp3) is 0.533. The van der Waals surface area contributed by atoms with Gasteiger partial charge in [-0.25, -0.2) is 0 Å². The number of carbonyl (C=O) groups excluding carboxylic acids is 1. The van der Waals surface area contributed by atoms with Gasteiger partial charge in [0.25, 0.3) is 0 Å². The normalized spacial score (nSPS) is 17.4. The molecule has 2 rings (SSSR count). The van der Waals surface area contributed by atoms with Crippen LogP contribution in [-0.4, -0.2) is 24.2 Å². The summed E-state index contributed by atoms with van der Waals surface area (Å²) in [6.45, 7) is 0. The molecule has 1 atom stereocenters. The Hall–Kier alpha value is -1.27. The maximum Gasteiger partial charge on any atom is 0.239 e. The van der Waals surface area contributed by atoms with Crippen molar-refractivity contribution in [1.29, 1.82) is 0 Å². The smallest absolute Gasteiger partial charge is 0.239 e. The number of hydrogen-bond donors (Lipinski definition) is 3. The number of hydrogen-bond acceptors (Lipinski definition) is 4. The Bertz CT molecular complexity index is 516. The van der Waals surface area contributed by atoms with Crippen molar-refractivity contribution in [1.82, 2.24) is 5.32 Å². The molecule has 0 spiro atoms. The highest BCUT2D eigenvalue weighted by molar-refractivity contribution is 9.10. The summed E-state index contributed by atoms with van der Waals surface area (Å²) >= 11 is 3.27. The van der Waals surface area contributed by atoms with Crippen LogP contribution in [0.4, 0.5) is 0 Å². The Morgan fingerprint density at radius 1 is 1.43 bits per heavy atom. The standard InChI is InChI=1S/C15H21BrN2O3/c1-21-12-8-9(7-11(16)14(12)19)13(15(17)20)18-10-5-3-2-4-6-10/h7-8,10,13,18-19H,2-6H2,1H3,(H2,17,20). The first-order valence-electron chi connectivity index (χ1n) is 7.14. The largest absolute Gasteiger partial charge is 0.503 e. The molecule has 1 amide bonds. The second kappa shape index (κ2) is 7.13. The molecule has 0 radical (unpaired) electrons. The number of halogens is 1. The average molecular weight is 357 g/mol. The summed E-state index contributed by atoms with van der Waals surface area (Å²) in [4.78, 5) is 11.8. The van der Waals surface area contributed by atoms with E-state index in [4.69, 9.17) is 10.5 Å². The molecular weight excluding hydrogens is 336 g/mol. The van der Waals surface area contributed by atoms with Crippen molar-refractivity contribution in [3.8, 4) is 11.5 Å². The average Bonchev–Trinajstić information content (AvgIpc) is 2.48. The van der Waals surface area contributed by atoms with Crippen LogP contribution in [-0.2, 0) is 4.79 Å². The summed E-state index contributed by atoms with van der Waals surface area (Å²) in [7, 11) is 1.47. The lowest BCUT2D eigenvalue weighted by Crippen LogP contribution is -2.41. The van der Waals surface area contributed by atoms with Crippen molar-refractivity contribution in [2.75, 3.05) is 7.11 Å². The zero-order valence-corrected chi connectivity index (χ0v) is 13.6. The minimum atomic E-state index is -0.584. The Kier molecular flexibility index (Phi) is 5.47. The quantitative estimate of drug-likeness (QED) is 0.756. The predicted molar refractivity (Wildman–Crippen MR) is 84.3 cm³/mol. The number of rotatable bonds is 5. The van der Waals surface area contributed by atoms with Crippen LogP contribution >= 0.6 is 15.9 Å². The molecule has 0 aliphatic heterocycles. The molecule has 1 aliphatic carbocycles. The summed E-state index contributed by atoms with van der Waals surface area (Å²) in [5.41, 5.74) is 6.23. The second-order valence-electron chi connectivity index (χ2n) is 5.39. The third-order valence-electron chi connectivity index (χ3n) is 3.90. The number of ether oxygens (including phenoxy) is 1. The lowest BCUT2D eigenvalue weighted by molar-refractivity contribution is -0.120. The van der Waals surface area contributed by atoms with E-state index < -0.39 is 11.9 Å². The summed E-state index contributed by atoms with van der Waals surface area (Å²) < 4.78 is 5.61. The van der Waals surface area contributed by atoms with Crippen molar-refractivity contribution in [3.63, 3.8) is 0 Å². The molecular formula is C15H21BrN2O3. The van der Waals surface area contributed by atoms with Gasteiger partial charge in [-0.05, 0) is 46.5 Å². The Morgan fingerprint density at radius 3 is 2.67 bits per heavy atom. The van der Waals surface area contributed by atoms with Crippen LogP contribution in [0.25, 0.3) is 0 Å². The van der Waals surface area contributed by atoms with Crippen molar-refractivity contribution >= 4 is 21.8 Å². The van der Waals surface area contributed by atoms with Gasteiger partial charge < -0.3 is 15.6 Å². The van der Waals surface area contributed by atoms with E-state index in [-0.39, 0.29) is 5.75 Å². The van der Waals surface area contributed by atoms with Gasteiger partial charge in [0.05, 0.1) is 11.6 Å². The van der Waals surface area contributed by atoms with Crippen LogP contribution < -0.4 is 15.8 Å². The Morgan fingerprint density at radius 2 is 2.10 bits per heavy atom. The van der Waals surface area contributed by atoms with E-state index in [2.05, 4.69) is 21.2 Å². The molecule has 1 saturated carbocycles. The topological polar surface area (TPSA) is 84.6 Å². The second-order valence-corrected chi connectivity index (χ2v) is 6.24. The van der Waals surface area contributed by atoms with Crippen LogP contribution in [0, 0.1) is 0 Å². The van der Waals surface area contributed by atoms with Gasteiger partial charge in [-0.15, -0.1) is 0 Å². The van der Waals surface area contributed by atoms with E-state index in [1.54, 1.807) is 12.1 Å². The molecule has 1 aromatic rings. The van der Waals surface area contributed by atoms with E-state index in [0.29, 0.717) is 21.8 Å². The monoisotopic (exact) mass is 356 g/mol. The molecule has 1 aromatic carbocycles. The van der Waals surface area contributed by atoms with Gasteiger partial charge >= 0.3 is 0 Å². The first-order chi connectivity index (χ1) is 10.0. The molecule has 1 aliphatic rings. The minimum Gasteiger partial charge on any atom is -0.503 e.